The predicted molar refractivity (Wildman–Crippen MR) is 103 cm³/mol. The van der Waals surface area contributed by atoms with Crippen molar-refractivity contribution in [1.29, 1.82) is 0 Å². The molecular weight excluding hydrogens is 344 g/mol. The molecule has 0 aromatic heterocycles. The molecule has 1 aromatic carbocycles. The van der Waals surface area contributed by atoms with E-state index >= 15 is 0 Å². The second kappa shape index (κ2) is 9.53. The summed E-state index contributed by atoms with van der Waals surface area (Å²) in [5.41, 5.74) is 2.20. The highest BCUT2D eigenvalue weighted by Gasteiger charge is 2.27. The Bertz CT molecular complexity index is 661. The first-order valence-electron chi connectivity index (χ1n) is 9.58. The molecule has 1 fully saturated rings. The highest BCUT2D eigenvalue weighted by Crippen LogP contribution is 2.17. The molecule has 0 saturated carbocycles. The second-order valence-corrected chi connectivity index (χ2v) is 7.83. The molecule has 6 nitrogen and oxygen atoms in total. The Morgan fingerprint density at radius 1 is 1.11 bits per heavy atom. The lowest BCUT2D eigenvalue weighted by Gasteiger charge is -2.31. The average Bonchev–Trinajstić information content (AvgIpc) is 2.62. The van der Waals surface area contributed by atoms with Crippen molar-refractivity contribution < 1.29 is 19.5 Å². The Morgan fingerprint density at radius 2 is 1.67 bits per heavy atom. The van der Waals surface area contributed by atoms with Crippen LogP contribution in [0.25, 0.3) is 0 Å². The zero-order chi connectivity index (χ0) is 20.0. The van der Waals surface area contributed by atoms with Crippen LogP contribution in [0.3, 0.4) is 0 Å². The summed E-state index contributed by atoms with van der Waals surface area (Å²) in [6.45, 7) is 5.26. The quantitative estimate of drug-likeness (QED) is 0.794. The number of nitrogens with zero attached hydrogens (tertiary/aromatic N) is 2. The minimum absolute atomic E-state index is 0.0298. The molecule has 6 heteroatoms. The third kappa shape index (κ3) is 6.38. The Labute approximate surface area is 161 Å². The monoisotopic (exact) mass is 374 g/mol. The number of piperidine rings is 1. The number of hydrogen-bond donors (Lipinski definition) is 1. The van der Waals surface area contributed by atoms with Crippen LogP contribution in [0, 0.1) is 11.8 Å². The molecule has 1 aliphatic heterocycles. The maximum Gasteiger partial charge on any atom is 0.306 e. The minimum Gasteiger partial charge on any atom is -0.481 e. The predicted octanol–water partition coefficient (Wildman–Crippen LogP) is 2.21. The van der Waals surface area contributed by atoms with Crippen molar-refractivity contribution in [2.24, 2.45) is 11.8 Å². The van der Waals surface area contributed by atoms with Gasteiger partial charge in [0, 0.05) is 20.1 Å². The number of amides is 2. The zero-order valence-corrected chi connectivity index (χ0v) is 16.5. The van der Waals surface area contributed by atoms with E-state index in [2.05, 4.69) is 26.0 Å². The van der Waals surface area contributed by atoms with Crippen molar-refractivity contribution in [2.75, 3.05) is 26.7 Å². The van der Waals surface area contributed by atoms with Crippen LogP contribution in [0.15, 0.2) is 24.3 Å². The fraction of sp³-hybridized carbons (Fsp3) is 0.571. The van der Waals surface area contributed by atoms with E-state index < -0.39 is 5.97 Å². The summed E-state index contributed by atoms with van der Waals surface area (Å²) in [6.07, 6.45) is 2.23. The average molecular weight is 374 g/mol. The van der Waals surface area contributed by atoms with Gasteiger partial charge in [-0.25, -0.2) is 0 Å². The van der Waals surface area contributed by atoms with Gasteiger partial charge in [0.05, 0.1) is 18.9 Å². The van der Waals surface area contributed by atoms with Crippen molar-refractivity contribution >= 4 is 17.8 Å². The molecule has 148 valence electrons. The second-order valence-electron chi connectivity index (χ2n) is 7.83. The number of carbonyl (C=O) groups excluding carboxylic acids is 2. The lowest BCUT2D eigenvalue weighted by atomic mass is 9.97. The summed E-state index contributed by atoms with van der Waals surface area (Å²) < 4.78 is 0. The number of rotatable bonds is 7. The summed E-state index contributed by atoms with van der Waals surface area (Å²) in [5.74, 6) is -0.793. The third-order valence-corrected chi connectivity index (χ3v) is 5.02. The fourth-order valence-electron chi connectivity index (χ4n) is 3.34. The van der Waals surface area contributed by atoms with Gasteiger partial charge >= 0.3 is 5.97 Å². The van der Waals surface area contributed by atoms with Crippen LogP contribution in [0.5, 0.6) is 0 Å². The number of carboxylic acid groups (broad SMARTS) is 1. The lowest BCUT2D eigenvalue weighted by Crippen LogP contribution is -2.45. The van der Waals surface area contributed by atoms with Crippen molar-refractivity contribution in [3.8, 4) is 0 Å². The molecule has 0 bridgehead atoms. The first-order chi connectivity index (χ1) is 12.8. The van der Waals surface area contributed by atoms with E-state index in [1.54, 1.807) is 11.9 Å². The minimum atomic E-state index is -0.797. The molecule has 0 aliphatic carbocycles. The molecule has 1 saturated heterocycles. The van der Waals surface area contributed by atoms with Gasteiger partial charge in [-0.15, -0.1) is 0 Å². The number of hydrogen-bond acceptors (Lipinski definition) is 3. The Kier molecular flexibility index (Phi) is 7.39. The van der Waals surface area contributed by atoms with E-state index in [1.165, 1.54) is 10.5 Å². The Hall–Kier alpha value is -2.37. The molecule has 1 N–H and O–H groups in total. The largest absolute Gasteiger partial charge is 0.481 e. The summed E-state index contributed by atoms with van der Waals surface area (Å²) in [4.78, 5) is 38.9. The summed E-state index contributed by atoms with van der Waals surface area (Å²) in [5, 5.41) is 9.03. The van der Waals surface area contributed by atoms with Gasteiger partial charge in [-0.1, -0.05) is 38.1 Å². The number of likely N-dealkylation sites (N-methyl/N-ethyl adjacent to an activating group) is 1. The van der Waals surface area contributed by atoms with Crippen molar-refractivity contribution in [3.05, 3.63) is 35.4 Å². The van der Waals surface area contributed by atoms with Crippen molar-refractivity contribution in [3.63, 3.8) is 0 Å². The van der Waals surface area contributed by atoms with Crippen LogP contribution in [0.4, 0.5) is 0 Å². The van der Waals surface area contributed by atoms with E-state index in [4.69, 9.17) is 5.11 Å². The molecule has 0 radical (unpaired) electrons. The van der Waals surface area contributed by atoms with Crippen LogP contribution in [-0.4, -0.2) is 59.4 Å². The van der Waals surface area contributed by atoms with Gasteiger partial charge in [-0.2, -0.15) is 0 Å². The van der Waals surface area contributed by atoms with E-state index in [-0.39, 0.29) is 30.7 Å². The molecule has 2 rings (SSSR count). The van der Waals surface area contributed by atoms with Gasteiger partial charge in [-0.05, 0) is 36.3 Å². The standard InChI is InChI=1S/C21H30N2O4/c1-15(2)12-16-4-6-17(7-5-16)13-19(24)22(3)14-20(25)23-10-8-18(9-11-23)21(26)27/h4-7,15,18H,8-14H2,1-3H3,(H,26,27). The number of carboxylic acids is 1. The van der Waals surface area contributed by atoms with Crippen molar-refractivity contribution in [1.82, 2.24) is 9.80 Å². The SMILES string of the molecule is CC(C)Cc1ccc(CC(=O)N(C)CC(=O)N2CCC(C(=O)O)CC2)cc1. The zero-order valence-electron chi connectivity index (χ0n) is 16.5. The molecule has 0 atom stereocenters. The topological polar surface area (TPSA) is 77.9 Å². The molecule has 1 aliphatic rings. The summed E-state index contributed by atoms with van der Waals surface area (Å²) in [6, 6.07) is 8.06. The highest BCUT2D eigenvalue weighted by atomic mass is 16.4. The number of aliphatic carboxylic acids is 1. The molecule has 1 heterocycles. The number of benzene rings is 1. The van der Waals surface area contributed by atoms with Crippen LogP contribution in [0.1, 0.15) is 37.8 Å². The third-order valence-electron chi connectivity index (χ3n) is 5.02. The first kappa shape index (κ1) is 20.9. The van der Waals surface area contributed by atoms with Gasteiger partial charge in [0.25, 0.3) is 0 Å². The first-order valence-corrected chi connectivity index (χ1v) is 9.58. The molecule has 2 amide bonds. The molecular formula is C21H30N2O4. The van der Waals surface area contributed by atoms with Gasteiger partial charge in [0.1, 0.15) is 0 Å². The van der Waals surface area contributed by atoms with Crippen LogP contribution in [0.2, 0.25) is 0 Å². The maximum atomic E-state index is 12.4. The van der Waals surface area contributed by atoms with E-state index in [0.29, 0.717) is 31.8 Å². The van der Waals surface area contributed by atoms with Gasteiger partial charge in [0.15, 0.2) is 0 Å². The lowest BCUT2D eigenvalue weighted by molar-refractivity contribution is -0.146. The highest BCUT2D eigenvalue weighted by molar-refractivity contribution is 5.85. The fourth-order valence-corrected chi connectivity index (χ4v) is 3.34. The van der Waals surface area contributed by atoms with E-state index in [1.807, 2.05) is 12.1 Å². The van der Waals surface area contributed by atoms with E-state index in [9.17, 15) is 14.4 Å². The van der Waals surface area contributed by atoms with Gasteiger partial charge in [-0.3, -0.25) is 14.4 Å². The van der Waals surface area contributed by atoms with Gasteiger partial charge in [0.2, 0.25) is 11.8 Å². The smallest absolute Gasteiger partial charge is 0.306 e. The molecule has 0 spiro atoms. The Morgan fingerprint density at radius 3 is 2.19 bits per heavy atom. The molecule has 27 heavy (non-hydrogen) atoms. The number of carbonyl (C=O) groups is 3. The normalized spacial score (nSPS) is 15.0. The molecule has 0 unspecified atom stereocenters. The summed E-state index contributed by atoms with van der Waals surface area (Å²) >= 11 is 0. The summed E-state index contributed by atoms with van der Waals surface area (Å²) in [7, 11) is 1.64. The van der Waals surface area contributed by atoms with Crippen LogP contribution < -0.4 is 0 Å². The van der Waals surface area contributed by atoms with Crippen LogP contribution in [-0.2, 0) is 27.2 Å². The Balaban J connectivity index is 1.81. The number of likely N-dealkylation sites (tertiary alicyclic amines) is 1. The molecule has 1 aromatic rings. The maximum absolute atomic E-state index is 12.4. The van der Waals surface area contributed by atoms with Gasteiger partial charge < -0.3 is 14.9 Å². The van der Waals surface area contributed by atoms with E-state index in [0.717, 1.165) is 12.0 Å². The van der Waals surface area contributed by atoms with Crippen molar-refractivity contribution in [2.45, 2.75) is 39.5 Å². The van der Waals surface area contributed by atoms with Crippen LogP contribution >= 0.6 is 0 Å².